The smallest absolute Gasteiger partial charge is 0.0720 e. The first-order valence-electron chi connectivity index (χ1n) is 8.63. The number of unbranched alkanes of at least 4 members (excludes halogenated alkanes) is 6. The molecule has 1 aromatic carbocycles. The lowest BCUT2D eigenvalue weighted by Gasteiger charge is -2.16. The van der Waals surface area contributed by atoms with E-state index >= 15 is 0 Å². The van der Waals surface area contributed by atoms with E-state index in [0.717, 1.165) is 13.0 Å². The highest BCUT2D eigenvalue weighted by atomic mass is 16.5. The molecule has 0 saturated carbocycles. The fourth-order valence-electron chi connectivity index (χ4n) is 2.56. The van der Waals surface area contributed by atoms with Gasteiger partial charge < -0.3 is 4.74 Å². The number of rotatable bonds is 13. The van der Waals surface area contributed by atoms with Crippen LogP contribution >= 0.6 is 0 Å². The van der Waals surface area contributed by atoms with E-state index in [1.165, 1.54) is 56.9 Å². The summed E-state index contributed by atoms with van der Waals surface area (Å²) in [7, 11) is 0. The number of hydrogen-bond acceptors (Lipinski definition) is 1. The molecular weight excluding hydrogens is 256 g/mol. The molecule has 0 aromatic heterocycles. The van der Waals surface area contributed by atoms with Crippen molar-refractivity contribution in [3.8, 4) is 0 Å². The summed E-state index contributed by atoms with van der Waals surface area (Å²) >= 11 is 0. The number of benzene rings is 1. The maximum Gasteiger partial charge on any atom is 0.0720 e. The van der Waals surface area contributed by atoms with Crippen molar-refractivity contribution in [1.82, 2.24) is 0 Å². The lowest BCUT2D eigenvalue weighted by molar-refractivity contribution is 0.0309. The Balaban J connectivity index is 2.02. The summed E-state index contributed by atoms with van der Waals surface area (Å²) in [6.07, 6.45) is 14.0. The largest absolute Gasteiger partial charge is 0.374 e. The monoisotopic (exact) mass is 288 g/mol. The first-order valence-corrected chi connectivity index (χ1v) is 8.63. The van der Waals surface area contributed by atoms with Crippen LogP contribution in [0.3, 0.4) is 0 Å². The van der Waals surface area contributed by atoms with Crippen molar-refractivity contribution in [2.45, 2.75) is 77.4 Å². The Kier molecular flexibility index (Phi) is 10.8. The Bertz CT molecular complexity index is 344. The van der Waals surface area contributed by atoms with Crippen molar-refractivity contribution >= 4 is 0 Å². The van der Waals surface area contributed by atoms with Crippen LogP contribution in [0, 0.1) is 0 Å². The Morgan fingerprint density at radius 1 is 1.00 bits per heavy atom. The second-order valence-corrected chi connectivity index (χ2v) is 5.81. The lowest BCUT2D eigenvalue weighted by atomic mass is 10.0. The minimum atomic E-state index is 0.422. The molecule has 0 aliphatic heterocycles. The maximum atomic E-state index is 6.03. The normalized spacial score (nSPS) is 12.2. The van der Waals surface area contributed by atoms with E-state index in [2.05, 4.69) is 43.8 Å². The second-order valence-electron chi connectivity index (χ2n) is 5.81. The van der Waals surface area contributed by atoms with E-state index in [4.69, 9.17) is 4.74 Å². The first-order chi connectivity index (χ1) is 10.4. The molecule has 118 valence electrons. The summed E-state index contributed by atoms with van der Waals surface area (Å²) in [5.74, 6) is 0. The average molecular weight is 288 g/mol. The zero-order valence-corrected chi connectivity index (χ0v) is 13.7. The third-order valence-corrected chi connectivity index (χ3v) is 3.97. The van der Waals surface area contributed by atoms with Crippen molar-refractivity contribution in [1.29, 1.82) is 0 Å². The highest BCUT2D eigenvalue weighted by molar-refractivity contribution is 5.13. The summed E-state index contributed by atoms with van der Waals surface area (Å²) < 4.78 is 6.03. The van der Waals surface area contributed by atoms with Crippen molar-refractivity contribution in [2.24, 2.45) is 0 Å². The van der Waals surface area contributed by atoms with Gasteiger partial charge in [-0.2, -0.15) is 0 Å². The molecule has 1 aromatic rings. The Morgan fingerprint density at radius 3 is 2.33 bits per heavy atom. The van der Waals surface area contributed by atoms with Crippen LogP contribution in [0.2, 0.25) is 0 Å². The van der Waals surface area contributed by atoms with Gasteiger partial charge in [-0.25, -0.2) is 0 Å². The minimum absolute atomic E-state index is 0.422. The van der Waals surface area contributed by atoms with E-state index in [9.17, 15) is 0 Å². The topological polar surface area (TPSA) is 9.23 Å². The SMILES string of the molecule is C=CCCCCCCCCC(CC)OCc1ccccc1. The third-order valence-electron chi connectivity index (χ3n) is 3.97. The fourth-order valence-corrected chi connectivity index (χ4v) is 2.56. The van der Waals surface area contributed by atoms with Gasteiger partial charge in [-0.1, -0.05) is 75.4 Å². The molecule has 1 atom stereocenters. The maximum absolute atomic E-state index is 6.03. The first kappa shape index (κ1) is 18.0. The van der Waals surface area contributed by atoms with Crippen LogP contribution in [0.15, 0.2) is 43.0 Å². The molecule has 0 aliphatic carbocycles. The number of hydrogen-bond donors (Lipinski definition) is 0. The summed E-state index contributed by atoms with van der Waals surface area (Å²) in [6, 6.07) is 10.5. The van der Waals surface area contributed by atoms with Gasteiger partial charge in [0, 0.05) is 0 Å². The van der Waals surface area contributed by atoms with Crippen LogP contribution in [-0.4, -0.2) is 6.10 Å². The van der Waals surface area contributed by atoms with E-state index in [-0.39, 0.29) is 0 Å². The van der Waals surface area contributed by atoms with Crippen LogP contribution in [0.1, 0.15) is 70.3 Å². The van der Waals surface area contributed by atoms with Gasteiger partial charge in [0.1, 0.15) is 0 Å². The molecule has 21 heavy (non-hydrogen) atoms. The molecule has 0 heterocycles. The Hall–Kier alpha value is -1.08. The number of allylic oxidation sites excluding steroid dienone is 1. The van der Waals surface area contributed by atoms with Crippen molar-refractivity contribution in [2.75, 3.05) is 0 Å². The van der Waals surface area contributed by atoms with E-state index in [1.807, 2.05) is 6.08 Å². The summed E-state index contributed by atoms with van der Waals surface area (Å²) in [5.41, 5.74) is 1.28. The Morgan fingerprint density at radius 2 is 1.67 bits per heavy atom. The van der Waals surface area contributed by atoms with Gasteiger partial charge in [-0.3, -0.25) is 0 Å². The average Bonchev–Trinajstić information content (AvgIpc) is 2.54. The molecule has 0 bridgehead atoms. The molecule has 0 spiro atoms. The molecule has 0 amide bonds. The molecular formula is C20H32O. The summed E-state index contributed by atoms with van der Waals surface area (Å²) in [5, 5.41) is 0. The predicted octanol–water partition coefficient (Wildman–Crippen LogP) is 6.29. The lowest BCUT2D eigenvalue weighted by Crippen LogP contribution is -2.11. The van der Waals surface area contributed by atoms with Crippen molar-refractivity contribution in [3.05, 3.63) is 48.6 Å². The van der Waals surface area contributed by atoms with Crippen molar-refractivity contribution < 1.29 is 4.74 Å². The van der Waals surface area contributed by atoms with Gasteiger partial charge >= 0.3 is 0 Å². The van der Waals surface area contributed by atoms with Crippen LogP contribution in [0.4, 0.5) is 0 Å². The van der Waals surface area contributed by atoms with Gasteiger partial charge in [0.2, 0.25) is 0 Å². The van der Waals surface area contributed by atoms with Gasteiger partial charge in [0.15, 0.2) is 0 Å². The van der Waals surface area contributed by atoms with E-state index in [1.54, 1.807) is 0 Å². The summed E-state index contributed by atoms with van der Waals surface area (Å²) in [6.45, 7) is 6.74. The molecule has 1 nitrogen and oxygen atoms in total. The predicted molar refractivity (Wildman–Crippen MR) is 92.4 cm³/mol. The zero-order valence-electron chi connectivity index (χ0n) is 13.7. The highest BCUT2D eigenvalue weighted by Crippen LogP contribution is 2.14. The molecule has 0 saturated heterocycles. The van der Waals surface area contributed by atoms with Gasteiger partial charge in [-0.15, -0.1) is 6.58 Å². The molecule has 0 aliphatic rings. The summed E-state index contributed by atoms with van der Waals surface area (Å²) in [4.78, 5) is 0. The van der Waals surface area contributed by atoms with Gasteiger partial charge in [0.05, 0.1) is 12.7 Å². The molecule has 1 heteroatoms. The van der Waals surface area contributed by atoms with Crippen LogP contribution in [0.5, 0.6) is 0 Å². The molecule has 1 unspecified atom stereocenters. The minimum Gasteiger partial charge on any atom is -0.374 e. The fraction of sp³-hybridized carbons (Fsp3) is 0.600. The quantitative estimate of drug-likeness (QED) is 0.306. The third kappa shape index (κ3) is 9.47. The van der Waals surface area contributed by atoms with Crippen LogP contribution < -0.4 is 0 Å². The van der Waals surface area contributed by atoms with Crippen molar-refractivity contribution in [3.63, 3.8) is 0 Å². The van der Waals surface area contributed by atoms with Gasteiger partial charge in [0.25, 0.3) is 0 Å². The highest BCUT2D eigenvalue weighted by Gasteiger charge is 2.06. The second kappa shape index (κ2) is 12.6. The standard InChI is InChI=1S/C20H32O/c1-3-5-6-7-8-9-10-14-17-20(4-2)21-18-19-15-12-11-13-16-19/h3,11-13,15-16,20H,1,4-10,14,17-18H2,2H3. The van der Waals surface area contributed by atoms with Gasteiger partial charge in [-0.05, 0) is 31.2 Å². The zero-order chi connectivity index (χ0) is 15.2. The van der Waals surface area contributed by atoms with Crippen LogP contribution in [0.25, 0.3) is 0 Å². The Labute approximate surface area is 131 Å². The molecule has 0 radical (unpaired) electrons. The molecule has 0 fully saturated rings. The number of ether oxygens (including phenoxy) is 1. The molecule has 1 rings (SSSR count). The molecule has 0 N–H and O–H groups in total. The van der Waals surface area contributed by atoms with E-state index in [0.29, 0.717) is 6.10 Å². The van der Waals surface area contributed by atoms with E-state index < -0.39 is 0 Å². The van der Waals surface area contributed by atoms with Crippen LogP contribution in [-0.2, 0) is 11.3 Å².